The summed E-state index contributed by atoms with van der Waals surface area (Å²) in [5, 5.41) is 8.56. The Labute approximate surface area is 66.5 Å². The zero-order valence-corrected chi connectivity index (χ0v) is 6.57. The van der Waals surface area contributed by atoms with E-state index in [2.05, 4.69) is 4.89 Å². The Morgan fingerprint density at radius 2 is 2.27 bits per heavy atom. The van der Waals surface area contributed by atoms with Crippen LogP contribution in [-0.4, -0.2) is 17.9 Å². The first kappa shape index (κ1) is 7.53. The largest absolute Gasteiger partial charge is 0.330 e. The maximum Gasteiger partial charge on any atom is 0.0986 e. The standard InChI is InChI=1S/C8H15NO2/c9-4-6-2-1-5-3-7(6)8(5)11-10/h5-8,10H,1-4,9H2/t5-,6+,7?,8?/m0/s1. The third-order valence-electron chi connectivity index (χ3n) is 3.40. The normalized spacial score (nSPS) is 48.5. The monoisotopic (exact) mass is 157 g/mol. The van der Waals surface area contributed by atoms with Crippen molar-refractivity contribution in [3.63, 3.8) is 0 Å². The Balaban J connectivity index is 1.98. The van der Waals surface area contributed by atoms with Gasteiger partial charge in [-0.15, -0.1) is 0 Å². The van der Waals surface area contributed by atoms with Crippen LogP contribution in [0.15, 0.2) is 0 Å². The van der Waals surface area contributed by atoms with Crippen molar-refractivity contribution in [3.05, 3.63) is 0 Å². The molecule has 3 aliphatic carbocycles. The summed E-state index contributed by atoms with van der Waals surface area (Å²) in [5.41, 5.74) is 5.60. The van der Waals surface area contributed by atoms with Crippen LogP contribution in [0, 0.1) is 17.8 Å². The Morgan fingerprint density at radius 3 is 2.82 bits per heavy atom. The van der Waals surface area contributed by atoms with E-state index in [-0.39, 0.29) is 6.10 Å². The average molecular weight is 157 g/mol. The van der Waals surface area contributed by atoms with E-state index in [1.54, 1.807) is 0 Å². The molecule has 3 aliphatic rings. The zero-order valence-electron chi connectivity index (χ0n) is 6.57. The highest BCUT2D eigenvalue weighted by atomic mass is 17.1. The van der Waals surface area contributed by atoms with Crippen LogP contribution < -0.4 is 5.73 Å². The minimum absolute atomic E-state index is 0.109. The molecule has 0 aromatic rings. The molecule has 2 bridgehead atoms. The maximum absolute atomic E-state index is 8.56. The molecule has 0 spiro atoms. The molecule has 0 aromatic carbocycles. The van der Waals surface area contributed by atoms with Crippen LogP contribution in [0.1, 0.15) is 19.3 Å². The lowest BCUT2D eigenvalue weighted by Crippen LogP contribution is -2.52. The molecular formula is C8H15NO2. The molecule has 3 fully saturated rings. The van der Waals surface area contributed by atoms with Crippen molar-refractivity contribution in [2.45, 2.75) is 25.4 Å². The fourth-order valence-electron chi connectivity index (χ4n) is 2.61. The molecule has 0 amide bonds. The van der Waals surface area contributed by atoms with Gasteiger partial charge in [-0.1, -0.05) is 0 Å². The first-order valence-electron chi connectivity index (χ1n) is 4.37. The van der Waals surface area contributed by atoms with Gasteiger partial charge < -0.3 is 5.73 Å². The van der Waals surface area contributed by atoms with E-state index in [0.717, 1.165) is 6.54 Å². The summed E-state index contributed by atoms with van der Waals surface area (Å²) in [6, 6.07) is 0. The number of hydrogen-bond donors (Lipinski definition) is 2. The average Bonchev–Trinajstić information content (AvgIpc) is 2.05. The Kier molecular flexibility index (Phi) is 1.87. The quantitative estimate of drug-likeness (QED) is 0.461. The van der Waals surface area contributed by atoms with E-state index in [9.17, 15) is 0 Å². The van der Waals surface area contributed by atoms with Gasteiger partial charge in [-0.2, -0.15) is 0 Å². The fraction of sp³-hybridized carbons (Fsp3) is 1.00. The van der Waals surface area contributed by atoms with Crippen molar-refractivity contribution < 1.29 is 10.1 Å². The molecule has 3 heteroatoms. The van der Waals surface area contributed by atoms with Gasteiger partial charge >= 0.3 is 0 Å². The number of rotatable bonds is 2. The molecule has 0 aliphatic heterocycles. The zero-order chi connectivity index (χ0) is 7.84. The van der Waals surface area contributed by atoms with Crippen molar-refractivity contribution in [2.75, 3.05) is 6.54 Å². The van der Waals surface area contributed by atoms with Crippen LogP contribution in [0.5, 0.6) is 0 Å². The van der Waals surface area contributed by atoms with Gasteiger partial charge in [0.25, 0.3) is 0 Å². The molecule has 0 aromatic heterocycles. The fourth-order valence-corrected chi connectivity index (χ4v) is 2.61. The Morgan fingerprint density at radius 1 is 1.45 bits per heavy atom. The highest BCUT2D eigenvalue weighted by Crippen LogP contribution is 2.49. The molecular weight excluding hydrogens is 142 g/mol. The molecule has 64 valence electrons. The maximum atomic E-state index is 8.56. The smallest absolute Gasteiger partial charge is 0.0986 e. The van der Waals surface area contributed by atoms with E-state index in [1.165, 1.54) is 19.3 Å². The van der Waals surface area contributed by atoms with Crippen LogP contribution in [0.25, 0.3) is 0 Å². The first-order chi connectivity index (χ1) is 5.36. The molecule has 0 radical (unpaired) electrons. The lowest BCUT2D eigenvalue weighted by molar-refractivity contribution is -0.338. The van der Waals surface area contributed by atoms with Gasteiger partial charge in [-0.05, 0) is 43.6 Å². The van der Waals surface area contributed by atoms with E-state index >= 15 is 0 Å². The second-order valence-electron chi connectivity index (χ2n) is 3.80. The van der Waals surface area contributed by atoms with Crippen LogP contribution in [-0.2, 0) is 4.89 Å². The van der Waals surface area contributed by atoms with Crippen LogP contribution in [0.2, 0.25) is 0 Å². The van der Waals surface area contributed by atoms with E-state index in [1.807, 2.05) is 0 Å². The Bertz CT molecular complexity index is 143. The van der Waals surface area contributed by atoms with E-state index in [4.69, 9.17) is 11.0 Å². The number of hydrogen-bond acceptors (Lipinski definition) is 3. The van der Waals surface area contributed by atoms with Crippen LogP contribution >= 0.6 is 0 Å². The molecule has 3 nitrogen and oxygen atoms in total. The SMILES string of the molecule is NC[C@H]1CC[C@H]2CC1C2OO. The van der Waals surface area contributed by atoms with Gasteiger partial charge in [0.1, 0.15) is 0 Å². The van der Waals surface area contributed by atoms with Crippen molar-refractivity contribution in [1.82, 2.24) is 0 Å². The minimum Gasteiger partial charge on any atom is -0.330 e. The first-order valence-corrected chi connectivity index (χ1v) is 4.37. The second kappa shape index (κ2) is 2.73. The van der Waals surface area contributed by atoms with Crippen LogP contribution in [0.4, 0.5) is 0 Å². The third-order valence-corrected chi connectivity index (χ3v) is 3.40. The third kappa shape index (κ3) is 0.991. The molecule has 0 saturated heterocycles. The van der Waals surface area contributed by atoms with Gasteiger partial charge in [-0.25, -0.2) is 4.89 Å². The molecule has 3 saturated carbocycles. The van der Waals surface area contributed by atoms with Crippen molar-refractivity contribution >= 4 is 0 Å². The molecule has 2 unspecified atom stereocenters. The van der Waals surface area contributed by atoms with Crippen molar-refractivity contribution in [1.29, 1.82) is 0 Å². The van der Waals surface area contributed by atoms with Gasteiger partial charge in [0.15, 0.2) is 0 Å². The summed E-state index contributed by atoms with van der Waals surface area (Å²) < 4.78 is 0. The van der Waals surface area contributed by atoms with Gasteiger partial charge in [-0.3, -0.25) is 5.26 Å². The van der Waals surface area contributed by atoms with Gasteiger partial charge in [0, 0.05) is 0 Å². The highest BCUT2D eigenvalue weighted by Gasteiger charge is 2.49. The molecule has 3 N–H and O–H groups in total. The van der Waals surface area contributed by atoms with Crippen molar-refractivity contribution in [3.8, 4) is 0 Å². The minimum atomic E-state index is 0.109. The summed E-state index contributed by atoms with van der Waals surface area (Å²) in [6.45, 7) is 0.747. The lowest BCUT2D eigenvalue weighted by Gasteiger charge is -2.51. The lowest BCUT2D eigenvalue weighted by atomic mass is 9.58. The predicted octanol–water partition coefficient (Wildman–Crippen LogP) is 0.849. The van der Waals surface area contributed by atoms with Gasteiger partial charge in [0.2, 0.25) is 0 Å². The molecule has 0 heterocycles. The Hall–Kier alpha value is -0.120. The second-order valence-corrected chi connectivity index (χ2v) is 3.80. The summed E-state index contributed by atoms with van der Waals surface area (Å²) in [4.78, 5) is 4.43. The predicted molar refractivity (Wildman–Crippen MR) is 40.9 cm³/mol. The molecule has 4 atom stereocenters. The summed E-state index contributed by atoms with van der Waals surface area (Å²) in [6.07, 6.45) is 3.74. The highest BCUT2D eigenvalue weighted by molar-refractivity contribution is 4.98. The summed E-state index contributed by atoms with van der Waals surface area (Å²) >= 11 is 0. The number of fused-ring (bicyclic) bond motifs is 2. The van der Waals surface area contributed by atoms with Crippen LogP contribution in [0.3, 0.4) is 0 Å². The molecule has 3 rings (SSSR count). The van der Waals surface area contributed by atoms with E-state index in [0.29, 0.717) is 17.8 Å². The van der Waals surface area contributed by atoms with E-state index < -0.39 is 0 Å². The topological polar surface area (TPSA) is 55.5 Å². The number of nitrogens with two attached hydrogens (primary N) is 1. The summed E-state index contributed by atoms with van der Waals surface area (Å²) in [5.74, 6) is 1.76. The van der Waals surface area contributed by atoms with Gasteiger partial charge in [0.05, 0.1) is 6.10 Å². The molecule has 11 heavy (non-hydrogen) atoms. The summed E-state index contributed by atoms with van der Waals surface area (Å²) in [7, 11) is 0. The van der Waals surface area contributed by atoms with Crippen molar-refractivity contribution in [2.24, 2.45) is 23.5 Å².